The van der Waals surface area contributed by atoms with E-state index in [1.54, 1.807) is 0 Å². The highest BCUT2D eigenvalue weighted by atomic mass is 32.2. The molecule has 1 heterocycles. The van der Waals surface area contributed by atoms with Crippen LogP contribution in [0.4, 0.5) is 20.2 Å². The number of nitrogens with zero attached hydrogens (tertiary/aromatic N) is 2. The summed E-state index contributed by atoms with van der Waals surface area (Å²) in [4.78, 5) is 10.3. The highest BCUT2D eigenvalue weighted by Gasteiger charge is 2.30. The van der Waals surface area contributed by atoms with Crippen molar-refractivity contribution in [1.82, 2.24) is 4.31 Å². The van der Waals surface area contributed by atoms with Crippen LogP contribution >= 0.6 is 0 Å². The van der Waals surface area contributed by atoms with Gasteiger partial charge in [-0.25, -0.2) is 17.2 Å². The average molecular weight is 411 g/mol. The van der Waals surface area contributed by atoms with E-state index in [0.29, 0.717) is 13.1 Å². The summed E-state index contributed by atoms with van der Waals surface area (Å²) in [5, 5.41) is 14.0. The smallest absolute Gasteiger partial charge is 0.270 e. The van der Waals surface area contributed by atoms with Crippen molar-refractivity contribution in [1.29, 1.82) is 0 Å². The topological polar surface area (TPSA) is 92.5 Å². The quantitative estimate of drug-likeness (QED) is 0.557. The van der Waals surface area contributed by atoms with Crippen molar-refractivity contribution in [2.75, 3.05) is 25.0 Å². The van der Waals surface area contributed by atoms with Crippen molar-refractivity contribution >= 4 is 21.4 Å². The molecule has 0 amide bonds. The SMILES string of the molecule is O=[N+]([O-])c1ccc(NCCc2ccc(F)cc2F)c(S(=O)(=O)N2CCCC2)c1. The second-order valence-electron chi connectivity index (χ2n) is 6.46. The number of anilines is 1. The van der Waals surface area contributed by atoms with Gasteiger partial charge in [0.2, 0.25) is 10.0 Å². The number of non-ortho nitro benzene ring substituents is 1. The summed E-state index contributed by atoms with van der Waals surface area (Å²) in [5.41, 5.74) is 0.160. The molecule has 1 aliphatic rings. The lowest BCUT2D eigenvalue weighted by Gasteiger charge is -2.19. The summed E-state index contributed by atoms with van der Waals surface area (Å²) in [6.07, 6.45) is 1.66. The fourth-order valence-electron chi connectivity index (χ4n) is 3.11. The summed E-state index contributed by atoms with van der Waals surface area (Å²) in [6, 6.07) is 6.84. The molecule has 10 heteroatoms. The third-order valence-electron chi connectivity index (χ3n) is 4.58. The Bertz CT molecular complexity index is 992. The van der Waals surface area contributed by atoms with E-state index >= 15 is 0 Å². The van der Waals surface area contributed by atoms with Gasteiger partial charge in [-0.2, -0.15) is 4.31 Å². The maximum Gasteiger partial charge on any atom is 0.270 e. The summed E-state index contributed by atoms with van der Waals surface area (Å²) in [6.45, 7) is 0.902. The van der Waals surface area contributed by atoms with Gasteiger partial charge in [-0.3, -0.25) is 10.1 Å². The largest absolute Gasteiger partial charge is 0.384 e. The number of hydrogen-bond acceptors (Lipinski definition) is 5. The Balaban J connectivity index is 1.84. The lowest BCUT2D eigenvalue weighted by molar-refractivity contribution is -0.385. The molecule has 2 aromatic rings. The lowest BCUT2D eigenvalue weighted by Crippen LogP contribution is -2.28. The lowest BCUT2D eigenvalue weighted by atomic mass is 10.1. The molecular formula is C18H19F2N3O4S. The standard InChI is InChI=1S/C18H19F2N3O4S/c19-14-4-3-13(16(20)11-14)7-8-21-17-6-5-15(23(24)25)12-18(17)28(26,27)22-9-1-2-10-22/h3-6,11-12,21H,1-2,7-10H2. The minimum atomic E-state index is -3.89. The second kappa shape index (κ2) is 8.19. The van der Waals surface area contributed by atoms with E-state index in [9.17, 15) is 27.3 Å². The molecule has 0 saturated carbocycles. The third kappa shape index (κ3) is 4.28. The molecule has 1 aliphatic heterocycles. The van der Waals surface area contributed by atoms with E-state index in [-0.39, 0.29) is 34.8 Å². The van der Waals surface area contributed by atoms with Crippen LogP contribution in [0.25, 0.3) is 0 Å². The molecule has 0 unspecified atom stereocenters. The van der Waals surface area contributed by atoms with Gasteiger partial charge in [0, 0.05) is 37.8 Å². The van der Waals surface area contributed by atoms with Crippen LogP contribution in [0, 0.1) is 21.7 Å². The third-order valence-corrected chi connectivity index (χ3v) is 6.52. The van der Waals surface area contributed by atoms with E-state index in [2.05, 4.69) is 5.32 Å². The van der Waals surface area contributed by atoms with Crippen LogP contribution in [0.15, 0.2) is 41.3 Å². The zero-order valence-electron chi connectivity index (χ0n) is 14.9. The first-order valence-electron chi connectivity index (χ1n) is 8.75. The number of benzene rings is 2. The Hall–Kier alpha value is -2.59. The van der Waals surface area contributed by atoms with Crippen LogP contribution in [-0.4, -0.2) is 37.3 Å². The highest BCUT2D eigenvalue weighted by molar-refractivity contribution is 7.89. The minimum Gasteiger partial charge on any atom is -0.384 e. The molecule has 1 saturated heterocycles. The van der Waals surface area contributed by atoms with E-state index < -0.39 is 26.6 Å². The number of halogens is 2. The van der Waals surface area contributed by atoms with Crippen LogP contribution in [-0.2, 0) is 16.4 Å². The zero-order valence-corrected chi connectivity index (χ0v) is 15.7. The molecule has 150 valence electrons. The highest BCUT2D eigenvalue weighted by Crippen LogP contribution is 2.30. The molecule has 28 heavy (non-hydrogen) atoms. The van der Waals surface area contributed by atoms with Crippen LogP contribution < -0.4 is 5.32 Å². The van der Waals surface area contributed by atoms with Gasteiger partial charge < -0.3 is 5.32 Å². The molecule has 0 bridgehead atoms. The second-order valence-corrected chi connectivity index (χ2v) is 8.37. The van der Waals surface area contributed by atoms with Crippen molar-refractivity contribution in [3.8, 4) is 0 Å². The maximum atomic E-state index is 13.7. The molecule has 0 aliphatic carbocycles. The van der Waals surface area contributed by atoms with Crippen molar-refractivity contribution in [3.63, 3.8) is 0 Å². The van der Waals surface area contributed by atoms with E-state index in [1.165, 1.54) is 22.5 Å². The first-order chi connectivity index (χ1) is 13.3. The van der Waals surface area contributed by atoms with Crippen molar-refractivity contribution in [2.24, 2.45) is 0 Å². The number of nitro groups is 1. The Kier molecular flexibility index (Phi) is 5.90. The molecule has 0 aromatic heterocycles. The van der Waals surface area contributed by atoms with Crippen LogP contribution in [0.2, 0.25) is 0 Å². The van der Waals surface area contributed by atoms with Crippen molar-refractivity contribution in [2.45, 2.75) is 24.2 Å². The average Bonchev–Trinajstić information content (AvgIpc) is 3.19. The summed E-state index contributed by atoms with van der Waals surface area (Å²) in [5.74, 6) is -1.36. The molecule has 1 N–H and O–H groups in total. The monoisotopic (exact) mass is 411 g/mol. The van der Waals surface area contributed by atoms with Crippen molar-refractivity contribution in [3.05, 3.63) is 63.7 Å². The first-order valence-corrected chi connectivity index (χ1v) is 10.2. The van der Waals surface area contributed by atoms with Gasteiger partial charge in [-0.15, -0.1) is 0 Å². The summed E-state index contributed by atoms with van der Waals surface area (Å²) >= 11 is 0. The summed E-state index contributed by atoms with van der Waals surface area (Å²) < 4.78 is 53.9. The number of nitro benzene ring substituents is 1. The van der Waals surface area contributed by atoms with Crippen LogP contribution in [0.1, 0.15) is 18.4 Å². The van der Waals surface area contributed by atoms with Crippen molar-refractivity contribution < 1.29 is 22.1 Å². The van der Waals surface area contributed by atoms with Crippen LogP contribution in [0.3, 0.4) is 0 Å². The Labute approximate surface area is 161 Å². The normalized spacial score (nSPS) is 14.9. The fourth-order valence-corrected chi connectivity index (χ4v) is 4.81. The molecule has 3 rings (SSSR count). The van der Waals surface area contributed by atoms with Gasteiger partial charge in [-0.05, 0) is 37.0 Å². The van der Waals surface area contributed by atoms with E-state index in [1.807, 2.05) is 0 Å². The number of rotatable bonds is 7. The predicted molar refractivity (Wildman–Crippen MR) is 99.6 cm³/mol. The van der Waals surface area contributed by atoms with Crippen LogP contribution in [0.5, 0.6) is 0 Å². The van der Waals surface area contributed by atoms with Gasteiger partial charge in [0.1, 0.15) is 16.5 Å². The molecule has 0 atom stereocenters. The zero-order chi connectivity index (χ0) is 20.3. The van der Waals surface area contributed by atoms with E-state index in [0.717, 1.165) is 31.0 Å². The molecule has 2 aromatic carbocycles. The molecule has 7 nitrogen and oxygen atoms in total. The van der Waals surface area contributed by atoms with Gasteiger partial charge in [0.05, 0.1) is 10.6 Å². The number of sulfonamides is 1. The van der Waals surface area contributed by atoms with E-state index in [4.69, 9.17) is 0 Å². The Morgan fingerprint density at radius 2 is 1.82 bits per heavy atom. The van der Waals surface area contributed by atoms with Gasteiger partial charge in [0.25, 0.3) is 5.69 Å². The summed E-state index contributed by atoms with van der Waals surface area (Å²) in [7, 11) is -3.89. The van der Waals surface area contributed by atoms with Gasteiger partial charge in [0.15, 0.2) is 0 Å². The fraction of sp³-hybridized carbons (Fsp3) is 0.333. The molecule has 1 fully saturated rings. The molecule has 0 radical (unpaired) electrons. The molecule has 0 spiro atoms. The number of hydrogen-bond donors (Lipinski definition) is 1. The van der Waals surface area contributed by atoms with Gasteiger partial charge in [-0.1, -0.05) is 6.07 Å². The molecular weight excluding hydrogens is 392 g/mol. The first kappa shape index (κ1) is 20.2. The Morgan fingerprint density at radius 1 is 1.11 bits per heavy atom. The maximum absolute atomic E-state index is 13.7. The van der Waals surface area contributed by atoms with Gasteiger partial charge >= 0.3 is 0 Å². The minimum absolute atomic E-state index is 0.170. The number of nitrogens with one attached hydrogen (secondary N) is 1. The predicted octanol–water partition coefficient (Wildman–Crippen LogP) is 3.31. The Morgan fingerprint density at radius 3 is 2.46 bits per heavy atom.